The van der Waals surface area contributed by atoms with Crippen molar-refractivity contribution in [3.05, 3.63) is 65.5 Å². The van der Waals surface area contributed by atoms with Gasteiger partial charge in [0.2, 0.25) is 30.5 Å². The minimum atomic E-state index is -1.11. The van der Waals surface area contributed by atoms with Gasteiger partial charge in [0, 0.05) is 44.2 Å². The quantitative estimate of drug-likeness (QED) is 0.0623. The van der Waals surface area contributed by atoms with Crippen LogP contribution in [0.3, 0.4) is 0 Å². The molecule has 6 amide bonds. The van der Waals surface area contributed by atoms with Crippen molar-refractivity contribution in [3.8, 4) is 0 Å². The van der Waals surface area contributed by atoms with Crippen LogP contribution < -0.4 is 26.6 Å². The lowest BCUT2D eigenvalue weighted by atomic mass is 10.0. The van der Waals surface area contributed by atoms with Gasteiger partial charge >= 0.3 is 0 Å². The van der Waals surface area contributed by atoms with Crippen LogP contribution in [0.2, 0.25) is 0 Å². The predicted molar refractivity (Wildman–Crippen MR) is 178 cm³/mol. The highest BCUT2D eigenvalue weighted by atomic mass is 16.5. The lowest BCUT2D eigenvalue weighted by Crippen LogP contribution is -2.48. The molecule has 0 bridgehead atoms. The summed E-state index contributed by atoms with van der Waals surface area (Å²) in [5.41, 5.74) is 2.95. The standard InChI is InChI=1S/C33H48N6O8/c1-7-9-28(32(44)37-21-40)39(22-41)33(45)26-10-8-11-27(25(26)5)35-15-17-47-19-18-46-16-13-30(42)36-14-12-31(43)38-29(34-6)20-24(4)23(2)3/h8,10-11,20-22,28,34-35H,2,4,7,9,12-19H2,1,3,5-6H3,(H,36,42)(H,38,43)(H,37,40,44)/b29-20+. The highest BCUT2D eigenvalue weighted by Crippen LogP contribution is 2.21. The van der Waals surface area contributed by atoms with Crippen LogP contribution in [0.4, 0.5) is 5.69 Å². The van der Waals surface area contributed by atoms with Gasteiger partial charge in [-0.3, -0.25) is 39.0 Å². The van der Waals surface area contributed by atoms with Crippen molar-refractivity contribution in [2.24, 2.45) is 0 Å². The minimum absolute atomic E-state index is 0.102. The fraction of sp³-hybridized carbons (Fsp3) is 0.455. The molecule has 0 saturated carbocycles. The first-order valence-electron chi connectivity index (χ1n) is 15.3. The van der Waals surface area contributed by atoms with Gasteiger partial charge in [-0.15, -0.1) is 0 Å². The second-order valence-corrected chi connectivity index (χ2v) is 10.4. The molecule has 0 saturated heterocycles. The zero-order chi connectivity index (χ0) is 35.2. The van der Waals surface area contributed by atoms with Gasteiger partial charge in [-0.05, 0) is 49.6 Å². The molecule has 258 valence electrons. The van der Waals surface area contributed by atoms with Crippen molar-refractivity contribution < 1.29 is 38.2 Å². The van der Waals surface area contributed by atoms with Crippen molar-refractivity contribution >= 4 is 42.1 Å². The van der Waals surface area contributed by atoms with E-state index in [1.807, 2.05) is 12.2 Å². The summed E-state index contributed by atoms with van der Waals surface area (Å²) >= 11 is 0. The second kappa shape index (κ2) is 22.6. The van der Waals surface area contributed by atoms with Crippen LogP contribution in [0.5, 0.6) is 0 Å². The molecule has 0 spiro atoms. The number of hydrogen-bond acceptors (Lipinski definition) is 10. The van der Waals surface area contributed by atoms with Crippen LogP contribution in [0.15, 0.2) is 54.4 Å². The molecule has 0 aliphatic rings. The molecule has 0 fully saturated rings. The third-order valence-electron chi connectivity index (χ3n) is 6.81. The number of rotatable bonds is 24. The third-order valence-corrected chi connectivity index (χ3v) is 6.81. The third kappa shape index (κ3) is 14.9. The van der Waals surface area contributed by atoms with Crippen LogP contribution in [-0.2, 0) is 33.4 Å². The molecule has 1 atom stereocenters. The average molecular weight is 657 g/mol. The lowest BCUT2D eigenvalue weighted by Gasteiger charge is -2.25. The molecule has 0 aromatic heterocycles. The summed E-state index contributed by atoms with van der Waals surface area (Å²) in [7, 11) is 1.67. The molecule has 1 aromatic carbocycles. The van der Waals surface area contributed by atoms with E-state index in [1.54, 1.807) is 45.2 Å². The number of benzene rings is 1. The van der Waals surface area contributed by atoms with Crippen LogP contribution in [0, 0.1) is 6.92 Å². The molecule has 1 unspecified atom stereocenters. The first kappa shape index (κ1) is 40.2. The van der Waals surface area contributed by atoms with Gasteiger partial charge in [0.1, 0.15) is 11.9 Å². The van der Waals surface area contributed by atoms with Crippen molar-refractivity contribution in [2.45, 2.75) is 52.5 Å². The summed E-state index contributed by atoms with van der Waals surface area (Å²) in [6, 6.07) is 3.89. The first-order chi connectivity index (χ1) is 22.5. The second-order valence-electron chi connectivity index (χ2n) is 10.4. The lowest BCUT2D eigenvalue weighted by molar-refractivity contribution is -0.133. The highest BCUT2D eigenvalue weighted by molar-refractivity contribution is 6.05. The van der Waals surface area contributed by atoms with E-state index in [9.17, 15) is 28.8 Å². The number of carbonyl (C=O) groups excluding carboxylic acids is 6. The topological polar surface area (TPSA) is 184 Å². The van der Waals surface area contributed by atoms with Gasteiger partial charge in [-0.25, -0.2) is 0 Å². The molecule has 14 heteroatoms. The predicted octanol–water partition coefficient (Wildman–Crippen LogP) is 1.69. The molecule has 14 nitrogen and oxygen atoms in total. The Morgan fingerprint density at radius 1 is 0.979 bits per heavy atom. The Bertz CT molecular complexity index is 1300. The van der Waals surface area contributed by atoms with E-state index in [4.69, 9.17) is 9.47 Å². The number of nitrogens with zero attached hydrogens (tertiary/aromatic N) is 1. The maximum Gasteiger partial charge on any atom is 0.261 e. The Kier molecular flexibility index (Phi) is 19.4. The van der Waals surface area contributed by atoms with Crippen molar-refractivity contribution in [1.82, 2.24) is 26.2 Å². The first-order valence-corrected chi connectivity index (χ1v) is 15.3. The van der Waals surface area contributed by atoms with Crippen LogP contribution >= 0.6 is 0 Å². The average Bonchev–Trinajstić information content (AvgIpc) is 3.04. The summed E-state index contributed by atoms with van der Waals surface area (Å²) in [6.45, 7) is 14.7. The van der Waals surface area contributed by atoms with Gasteiger partial charge in [0.05, 0.1) is 26.4 Å². The van der Waals surface area contributed by atoms with Gasteiger partial charge < -0.3 is 30.7 Å². The summed E-state index contributed by atoms with van der Waals surface area (Å²) < 4.78 is 11.0. The maximum absolute atomic E-state index is 13.2. The Hall–Kier alpha value is -4.82. The van der Waals surface area contributed by atoms with Crippen molar-refractivity contribution in [3.63, 3.8) is 0 Å². The molecular weight excluding hydrogens is 608 g/mol. The molecule has 0 aliphatic carbocycles. The normalized spacial score (nSPS) is 11.4. The summed E-state index contributed by atoms with van der Waals surface area (Å²) in [5, 5.41) is 13.5. The Balaban J connectivity index is 2.36. The molecule has 1 rings (SSSR count). The van der Waals surface area contributed by atoms with Gasteiger partial charge in [-0.1, -0.05) is 38.1 Å². The number of amides is 6. The Labute approximate surface area is 276 Å². The van der Waals surface area contributed by atoms with Gasteiger partial charge in [-0.2, -0.15) is 0 Å². The van der Waals surface area contributed by atoms with E-state index < -0.39 is 17.9 Å². The number of hydrogen-bond donors (Lipinski definition) is 5. The van der Waals surface area contributed by atoms with Gasteiger partial charge in [0.25, 0.3) is 5.91 Å². The van der Waals surface area contributed by atoms with E-state index in [1.165, 1.54) is 0 Å². The smallest absolute Gasteiger partial charge is 0.261 e. The van der Waals surface area contributed by atoms with Crippen LogP contribution in [0.25, 0.3) is 0 Å². The Morgan fingerprint density at radius 2 is 1.68 bits per heavy atom. The fourth-order valence-electron chi connectivity index (χ4n) is 4.11. The zero-order valence-corrected chi connectivity index (χ0v) is 27.7. The molecule has 1 aromatic rings. The minimum Gasteiger partial charge on any atom is -0.382 e. The largest absolute Gasteiger partial charge is 0.382 e. The molecular formula is C33H48N6O8. The number of ether oxygens (including phenoxy) is 2. The molecule has 0 radical (unpaired) electrons. The highest BCUT2D eigenvalue weighted by Gasteiger charge is 2.30. The van der Waals surface area contributed by atoms with E-state index in [-0.39, 0.29) is 62.8 Å². The zero-order valence-electron chi connectivity index (χ0n) is 27.7. The number of allylic oxidation sites excluding steroid dienone is 3. The van der Waals surface area contributed by atoms with E-state index in [2.05, 4.69) is 34.4 Å². The summed E-state index contributed by atoms with van der Waals surface area (Å²) in [5.74, 6) is -1.38. The molecule has 0 heterocycles. The number of nitrogens with one attached hydrogen (secondary N) is 5. The number of carbonyl (C=O) groups is 6. The van der Waals surface area contributed by atoms with E-state index in [0.717, 1.165) is 10.5 Å². The Morgan fingerprint density at radius 3 is 2.30 bits per heavy atom. The van der Waals surface area contributed by atoms with Gasteiger partial charge in [0.15, 0.2) is 0 Å². The summed E-state index contributed by atoms with van der Waals surface area (Å²) in [4.78, 5) is 73.0. The van der Waals surface area contributed by atoms with Crippen molar-refractivity contribution in [2.75, 3.05) is 51.9 Å². The van der Waals surface area contributed by atoms with Crippen molar-refractivity contribution in [1.29, 1.82) is 0 Å². The number of imide groups is 2. The van der Waals surface area contributed by atoms with Crippen LogP contribution in [-0.4, -0.2) is 94.0 Å². The SMILES string of the molecule is C=C(C)C(=C)/C=C(\NC)NC(=O)CCNC(=O)CCOCCOCCNc1cccc(C(=O)N(C=O)C(CCC)C(=O)NC=O)c1C. The fourth-order valence-corrected chi connectivity index (χ4v) is 4.11. The number of anilines is 1. The monoisotopic (exact) mass is 656 g/mol. The molecule has 0 aliphatic heterocycles. The molecule has 47 heavy (non-hydrogen) atoms. The van der Waals surface area contributed by atoms with E-state index >= 15 is 0 Å². The van der Waals surface area contributed by atoms with E-state index in [0.29, 0.717) is 55.2 Å². The summed E-state index contributed by atoms with van der Waals surface area (Å²) in [6.07, 6.45) is 3.17. The molecule has 5 N–H and O–H groups in total. The maximum atomic E-state index is 13.2. The van der Waals surface area contributed by atoms with Crippen LogP contribution in [0.1, 0.15) is 55.5 Å².